The average Bonchev–Trinajstić information content (AvgIpc) is 3.38. The molecule has 3 aliphatic heterocycles. The molecule has 0 aliphatic carbocycles. The highest BCUT2D eigenvalue weighted by Gasteiger charge is 2.44. The van der Waals surface area contributed by atoms with Crippen LogP contribution < -0.4 is 14.8 Å². The summed E-state index contributed by atoms with van der Waals surface area (Å²) in [7, 11) is 3.12. The Hall–Kier alpha value is -3.49. The Bertz CT molecular complexity index is 1000. The Morgan fingerprint density at radius 1 is 1.15 bits per heavy atom. The highest BCUT2D eigenvalue weighted by atomic mass is 16.5. The molecule has 0 saturated carbocycles. The third-order valence-electron chi connectivity index (χ3n) is 6.38. The van der Waals surface area contributed by atoms with Crippen LogP contribution in [0, 0.1) is 0 Å². The lowest BCUT2D eigenvalue weighted by Gasteiger charge is -2.33. The molecule has 1 unspecified atom stereocenters. The summed E-state index contributed by atoms with van der Waals surface area (Å²) in [5.74, 6) is 1.22. The fourth-order valence-corrected chi connectivity index (χ4v) is 4.74. The topological polar surface area (TPSA) is 91.4 Å². The van der Waals surface area contributed by atoms with Crippen LogP contribution in [-0.4, -0.2) is 79.5 Å². The molecule has 9 nitrogen and oxygen atoms in total. The van der Waals surface area contributed by atoms with Crippen LogP contribution in [0.15, 0.2) is 42.1 Å². The molecule has 1 N–H and O–H groups in total. The van der Waals surface area contributed by atoms with Gasteiger partial charge >= 0.3 is 6.03 Å². The first-order chi connectivity index (χ1) is 16.0. The minimum absolute atomic E-state index is 0.123. The molecule has 1 atom stereocenters. The molecule has 1 aromatic rings. The third kappa shape index (κ3) is 4.27. The lowest BCUT2D eigenvalue weighted by molar-refractivity contribution is -0.127. The lowest BCUT2D eigenvalue weighted by Crippen LogP contribution is -2.47. The van der Waals surface area contributed by atoms with Crippen molar-refractivity contribution in [2.75, 3.05) is 46.9 Å². The van der Waals surface area contributed by atoms with Gasteiger partial charge in [0.15, 0.2) is 0 Å². The van der Waals surface area contributed by atoms with E-state index in [1.54, 1.807) is 48.3 Å². The van der Waals surface area contributed by atoms with Gasteiger partial charge in [0, 0.05) is 38.2 Å². The van der Waals surface area contributed by atoms with Gasteiger partial charge < -0.3 is 24.6 Å². The van der Waals surface area contributed by atoms with Crippen LogP contribution in [0.1, 0.15) is 30.9 Å². The predicted octanol–water partition coefficient (Wildman–Crippen LogP) is 2.06. The number of hydrogen-bond donors (Lipinski definition) is 1. The quantitative estimate of drug-likeness (QED) is 0.577. The van der Waals surface area contributed by atoms with E-state index < -0.39 is 6.04 Å². The van der Waals surface area contributed by atoms with E-state index in [0.29, 0.717) is 67.4 Å². The molecule has 1 saturated heterocycles. The first kappa shape index (κ1) is 22.7. The Kier molecular flexibility index (Phi) is 6.57. The Labute approximate surface area is 193 Å². The standard InChI is InChI=1S/C24H30N4O5/c1-4-10-28-18-15-27(13-6-12-26-11-5-7-20(26)29)23(30)21(18)22(25-24(28)31)17-14-16(32-2)8-9-19(17)33-3/h4,8-9,14,22H,1,5-7,10-13,15H2,2-3H3,(H,25,31). The first-order valence-electron chi connectivity index (χ1n) is 11.2. The van der Waals surface area contributed by atoms with Gasteiger partial charge in [-0.05, 0) is 31.0 Å². The van der Waals surface area contributed by atoms with Gasteiger partial charge in [-0.25, -0.2) is 4.79 Å². The molecule has 176 valence electrons. The maximum absolute atomic E-state index is 13.5. The van der Waals surface area contributed by atoms with Gasteiger partial charge in [-0.15, -0.1) is 6.58 Å². The summed E-state index contributed by atoms with van der Waals surface area (Å²) >= 11 is 0. The molecule has 33 heavy (non-hydrogen) atoms. The molecule has 3 heterocycles. The minimum Gasteiger partial charge on any atom is -0.497 e. The van der Waals surface area contributed by atoms with E-state index in [4.69, 9.17) is 9.47 Å². The zero-order chi connectivity index (χ0) is 23.5. The van der Waals surface area contributed by atoms with E-state index in [-0.39, 0.29) is 17.8 Å². The van der Waals surface area contributed by atoms with Crippen LogP contribution in [0.3, 0.4) is 0 Å². The number of benzene rings is 1. The average molecular weight is 455 g/mol. The second-order valence-corrected chi connectivity index (χ2v) is 8.31. The molecule has 1 aromatic carbocycles. The molecular weight excluding hydrogens is 424 g/mol. The molecule has 9 heteroatoms. The molecule has 4 rings (SSSR count). The number of hydrogen-bond acceptors (Lipinski definition) is 5. The Morgan fingerprint density at radius 2 is 1.94 bits per heavy atom. The van der Waals surface area contributed by atoms with Crippen molar-refractivity contribution in [2.24, 2.45) is 0 Å². The number of urea groups is 1. The molecular formula is C24H30N4O5. The van der Waals surface area contributed by atoms with Crippen LogP contribution in [0.2, 0.25) is 0 Å². The normalized spacial score (nSPS) is 20.4. The van der Waals surface area contributed by atoms with E-state index in [2.05, 4.69) is 11.9 Å². The maximum Gasteiger partial charge on any atom is 0.322 e. The summed E-state index contributed by atoms with van der Waals surface area (Å²) in [4.78, 5) is 43.6. The number of carbonyl (C=O) groups excluding carboxylic acids is 3. The van der Waals surface area contributed by atoms with Crippen molar-refractivity contribution in [3.63, 3.8) is 0 Å². The van der Waals surface area contributed by atoms with Gasteiger partial charge in [-0.2, -0.15) is 0 Å². The summed E-state index contributed by atoms with van der Waals surface area (Å²) in [6.45, 7) is 6.32. The number of nitrogens with zero attached hydrogens (tertiary/aromatic N) is 3. The predicted molar refractivity (Wildman–Crippen MR) is 122 cm³/mol. The molecule has 1 fully saturated rings. The monoisotopic (exact) mass is 454 g/mol. The summed E-state index contributed by atoms with van der Waals surface area (Å²) in [6, 6.07) is 4.37. The molecule has 0 spiro atoms. The van der Waals surface area contributed by atoms with Crippen molar-refractivity contribution < 1.29 is 23.9 Å². The second kappa shape index (κ2) is 9.56. The van der Waals surface area contributed by atoms with Crippen molar-refractivity contribution >= 4 is 17.8 Å². The lowest BCUT2D eigenvalue weighted by atomic mass is 9.94. The second-order valence-electron chi connectivity index (χ2n) is 8.31. The fourth-order valence-electron chi connectivity index (χ4n) is 4.74. The Morgan fingerprint density at radius 3 is 2.61 bits per heavy atom. The van der Waals surface area contributed by atoms with Gasteiger partial charge in [0.05, 0.1) is 38.1 Å². The van der Waals surface area contributed by atoms with Crippen LogP contribution in [0.5, 0.6) is 11.5 Å². The number of likely N-dealkylation sites (tertiary alicyclic amines) is 1. The number of nitrogens with one attached hydrogen (secondary N) is 1. The number of carbonyl (C=O) groups is 3. The zero-order valence-electron chi connectivity index (χ0n) is 19.1. The summed E-state index contributed by atoms with van der Waals surface area (Å²) in [6.07, 6.45) is 3.83. The van der Waals surface area contributed by atoms with Gasteiger partial charge in [0.2, 0.25) is 5.91 Å². The summed E-state index contributed by atoms with van der Waals surface area (Å²) in [5.41, 5.74) is 1.87. The van der Waals surface area contributed by atoms with E-state index >= 15 is 0 Å². The van der Waals surface area contributed by atoms with E-state index in [1.165, 1.54) is 0 Å². The fraction of sp³-hybridized carbons (Fsp3) is 0.458. The Balaban J connectivity index is 1.61. The first-order valence-corrected chi connectivity index (χ1v) is 11.2. The van der Waals surface area contributed by atoms with Gasteiger partial charge in [-0.3, -0.25) is 14.5 Å². The summed E-state index contributed by atoms with van der Waals surface area (Å²) < 4.78 is 10.9. The van der Waals surface area contributed by atoms with Crippen LogP contribution in [0.25, 0.3) is 0 Å². The smallest absolute Gasteiger partial charge is 0.322 e. The highest BCUT2D eigenvalue weighted by Crippen LogP contribution is 2.40. The van der Waals surface area contributed by atoms with Crippen LogP contribution >= 0.6 is 0 Å². The zero-order valence-corrected chi connectivity index (χ0v) is 19.1. The highest BCUT2D eigenvalue weighted by molar-refractivity contribution is 6.01. The van der Waals surface area contributed by atoms with Crippen molar-refractivity contribution in [2.45, 2.75) is 25.3 Å². The van der Waals surface area contributed by atoms with Gasteiger partial charge in [0.25, 0.3) is 5.91 Å². The minimum atomic E-state index is -0.656. The summed E-state index contributed by atoms with van der Waals surface area (Å²) in [5, 5.41) is 2.97. The number of amides is 4. The van der Waals surface area contributed by atoms with Crippen molar-refractivity contribution in [3.8, 4) is 11.5 Å². The SMILES string of the molecule is C=CCN1C(=O)NC(c2cc(OC)ccc2OC)C2=C1CN(CCCN1CCCC1=O)C2=O. The third-order valence-corrected chi connectivity index (χ3v) is 6.38. The van der Waals surface area contributed by atoms with Crippen molar-refractivity contribution in [3.05, 3.63) is 47.7 Å². The molecule has 0 aromatic heterocycles. The number of methoxy groups -OCH3 is 2. The van der Waals surface area contributed by atoms with Crippen molar-refractivity contribution in [1.82, 2.24) is 20.0 Å². The molecule has 0 bridgehead atoms. The maximum atomic E-state index is 13.5. The van der Waals surface area contributed by atoms with Crippen molar-refractivity contribution in [1.29, 1.82) is 0 Å². The largest absolute Gasteiger partial charge is 0.497 e. The molecule has 4 amide bonds. The van der Waals surface area contributed by atoms with Gasteiger partial charge in [-0.1, -0.05) is 6.08 Å². The molecule has 0 radical (unpaired) electrons. The van der Waals surface area contributed by atoms with E-state index in [9.17, 15) is 14.4 Å². The van der Waals surface area contributed by atoms with E-state index in [0.717, 1.165) is 13.0 Å². The van der Waals surface area contributed by atoms with Gasteiger partial charge in [0.1, 0.15) is 11.5 Å². The molecule has 3 aliphatic rings. The number of rotatable bonds is 9. The van der Waals surface area contributed by atoms with Crippen LogP contribution in [0.4, 0.5) is 4.79 Å². The van der Waals surface area contributed by atoms with E-state index in [1.807, 2.05) is 4.90 Å². The number of ether oxygens (including phenoxy) is 2. The van der Waals surface area contributed by atoms with Crippen LogP contribution in [-0.2, 0) is 9.59 Å².